The molecule has 4 aliphatic heterocycles. The van der Waals surface area contributed by atoms with Gasteiger partial charge in [0.25, 0.3) is 11.8 Å². The van der Waals surface area contributed by atoms with E-state index < -0.39 is 22.6 Å². The van der Waals surface area contributed by atoms with E-state index in [2.05, 4.69) is 66.3 Å². The maximum atomic E-state index is 13.0. The van der Waals surface area contributed by atoms with E-state index in [9.17, 15) is 28.8 Å². The maximum absolute atomic E-state index is 13.0. The number of ether oxygens (including phenoxy) is 2. The molecule has 4 fully saturated rings. The summed E-state index contributed by atoms with van der Waals surface area (Å²) in [5, 5.41) is 4.64. The first-order valence-corrected chi connectivity index (χ1v) is 21.2. The first kappa shape index (κ1) is 45.4. The van der Waals surface area contributed by atoms with Gasteiger partial charge in [-0.2, -0.15) is 0 Å². The van der Waals surface area contributed by atoms with Gasteiger partial charge < -0.3 is 29.1 Å². The van der Waals surface area contributed by atoms with Gasteiger partial charge in [0, 0.05) is 104 Å². The van der Waals surface area contributed by atoms with Gasteiger partial charge in [0.1, 0.15) is 22.5 Å². The fourth-order valence-electron chi connectivity index (χ4n) is 8.87. The van der Waals surface area contributed by atoms with Crippen LogP contribution < -0.4 is 20.4 Å². The van der Waals surface area contributed by atoms with Gasteiger partial charge in [-0.3, -0.25) is 49.4 Å². The van der Waals surface area contributed by atoms with Gasteiger partial charge in [-0.1, -0.05) is 12.1 Å². The van der Waals surface area contributed by atoms with Crippen molar-refractivity contribution in [3.05, 3.63) is 106 Å². The Labute approximate surface area is 371 Å². The molecule has 2 atom stereocenters. The van der Waals surface area contributed by atoms with Crippen molar-refractivity contribution < 1.29 is 38.2 Å². The molecular weight excluding hydrogens is 821 g/mol. The molecule has 6 amide bonds. The van der Waals surface area contributed by atoms with Crippen LogP contribution in [0.15, 0.2) is 61.2 Å². The summed E-state index contributed by atoms with van der Waals surface area (Å²) in [4.78, 5) is 100. The number of carbonyl (C=O) groups excluding carboxylic acids is 6. The van der Waals surface area contributed by atoms with Crippen molar-refractivity contribution in [1.82, 2.24) is 40.4 Å². The number of carbonyl (C=O) groups is 6. The number of piperazine rings is 2. The average molecular weight is 875 g/mol. The molecule has 8 heterocycles. The Bertz CT molecular complexity index is 2260. The van der Waals surface area contributed by atoms with E-state index in [0.29, 0.717) is 74.9 Å². The van der Waals surface area contributed by atoms with Crippen molar-refractivity contribution in [1.29, 1.82) is 0 Å². The summed E-state index contributed by atoms with van der Waals surface area (Å²) in [7, 11) is 2.95. The number of aryl methyl sites for hydroxylation is 4. The molecule has 18 heteroatoms. The zero-order chi connectivity index (χ0) is 45.8. The lowest BCUT2D eigenvalue weighted by atomic mass is 9.83. The standard InChI is InChI=1S/2C23H27N5O4/c2*1-15-10-16(2)20(25-12-15)27-6-8-28(9-7-27)21(30)17-4-5-18(24-13-17)23(14-32-3)11-19(29)26-22(23)31/h2*4-5,10,12-13H,6-9,11,14H2,1-3H3,(H,26,29,31)/t2*23-/m10/s1. The molecular formula is C46H54N10O8. The smallest absolute Gasteiger partial charge is 0.255 e. The number of nitrogens with one attached hydrogen (secondary N) is 2. The van der Waals surface area contributed by atoms with Crippen LogP contribution in [0.1, 0.15) is 67.2 Å². The molecule has 0 spiro atoms. The number of imide groups is 2. The van der Waals surface area contributed by atoms with Crippen molar-refractivity contribution in [2.75, 3.05) is 89.6 Å². The lowest BCUT2D eigenvalue weighted by Gasteiger charge is -2.36. The third-order valence-electron chi connectivity index (χ3n) is 12.2. The number of hydrogen-bond donors (Lipinski definition) is 2. The van der Waals surface area contributed by atoms with Crippen LogP contribution >= 0.6 is 0 Å². The first-order valence-electron chi connectivity index (χ1n) is 21.2. The van der Waals surface area contributed by atoms with Crippen molar-refractivity contribution in [3.8, 4) is 0 Å². The fourth-order valence-corrected chi connectivity index (χ4v) is 8.87. The van der Waals surface area contributed by atoms with Crippen LogP contribution in [0.4, 0.5) is 11.6 Å². The van der Waals surface area contributed by atoms with Gasteiger partial charge in [0.2, 0.25) is 23.6 Å². The van der Waals surface area contributed by atoms with Gasteiger partial charge >= 0.3 is 0 Å². The largest absolute Gasteiger partial charge is 0.383 e. The third kappa shape index (κ3) is 9.19. The van der Waals surface area contributed by atoms with Gasteiger partial charge in [-0.25, -0.2) is 9.97 Å². The van der Waals surface area contributed by atoms with E-state index in [1.54, 1.807) is 34.1 Å². The van der Waals surface area contributed by atoms with Crippen LogP contribution in [0, 0.1) is 27.7 Å². The summed E-state index contributed by atoms with van der Waals surface area (Å²) in [5.41, 5.74) is 3.94. The molecule has 2 N–H and O–H groups in total. The maximum Gasteiger partial charge on any atom is 0.255 e. The van der Waals surface area contributed by atoms with E-state index in [4.69, 9.17) is 9.47 Å². The Kier molecular flexibility index (Phi) is 13.5. The number of pyridine rings is 4. The van der Waals surface area contributed by atoms with Crippen LogP contribution in [-0.4, -0.2) is 145 Å². The Morgan fingerprint density at radius 1 is 0.562 bits per heavy atom. The van der Waals surface area contributed by atoms with Crippen molar-refractivity contribution in [3.63, 3.8) is 0 Å². The lowest BCUT2D eigenvalue weighted by molar-refractivity contribution is -0.129. The van der Waals surface area contributed by atoms with Crippen LogP contribution in [0.25, 0.3) is 0 Å². The molecule has 4 saturated heterocycles. The minimum atomic E-state index is -1.15. The molecule has 0 radical (unpaired) electrons. The summed E-state index contributed by atoms with van der Waals surface area (Å²) in [6.45, 7) is 13.4. The van der Waals surface area contributed by atoms with Gasteiger partial charge in [-0.15, -0.1) is 0 Å². The molecule has 0 saturated carbocycles. The molecule has 18 nitrogen and oxygen atoms in total. The highest BCUT2D eigenvalue weighted by Crippen LogP contribution is 2.33. The van der Waals surface area contributed by atoms with Crippen molar-refractivity contribution >= 4 is 47.1 Å². The number of methoxy groups -OCH3 is 2. The van der Waals surface area contributed by atoms with E-state index in [0.717, 1.165) is 33.9 Å². The van der Waals surface area contributed by atoms with Crippen LogP contribution in [0.2, 0.25) is 0 Å². The summed E-state index contributed by atoms with van der Waals surface area (Å²) in [5.74, 6) is 0.146. The third-order valence-corrected chi connectivity index (χ3v) is 12.2. The second kappa shape index (κ2) is 19.0. The van der Waals surface area contributed by atoms with Crippen LogP contribution in [-0.2, 0) is 39.5 Å². The highest BCUT2D eigenvalue weighted by molar-refractivity contribution is 6.09. The first-order chi connectivity index (χ1) is 30.7. The zero-order valence-corrected chi connectivity index (χ0v) is 37.1. The fraction of sp³-hybridized carbons (Fsp3) is 0.435. The molecule has 0 aromatic carbocycles. The summed E-state index contributed by atoms with van der Waals surface area (Å²) >= 11 is 0. The quantitative estimate of drug-likeness (QED) is 0.219. The monoisotopic (exact) mass is 874 g/mol. The second-order valence-corrected chi connectivity index (χ2v) is 16.9. The molecule has 4 aromatic rings. The lowest BCUT2D eigenvalue weighted by Crippen LogP contribution is -2.49. The van der Waals surface area contributed by atoms with Crippen LogP contribution in [0.3, 0.4) is 0 Å². The molecule has 0 bridgehead atoms. The Balaban J connectivity index is 0.000000191. The normalized spacial score (nSPS) is 21.1. The van der Waals surface area contributed by atoms with Crippen molar-refractivity contribution in [2.24, 2.45) is 0 Å². The van der Waals surface area contributed by atoms with E-state index in [1.165, 1.54) is 26.6 Å². The molecule has 0 aliphatic carbocycles. The highest BCUT2D eigenvalue weighted by atomic mass is 16.5. The summed E-state index contributed by atoms with van der Waals surface area (Å²) in [6, 6.07) is 10.8. The highest BCUT2D eigenvalue weighted by Gasteiger charge is 2.50. The topological polar surface area (TPSA) is 209 Å². The molecule has 0 unspecified atom stereocenters. The molecule has 336 valence electrons. The Morgan fingerprint density at radius 3 is 1.22 bits per heavy atom. The number of hydrogen-bond acceptors (Lipinski definition) is 14. The van der Waals surface area contributed by atoms with Gasteiger partial charge in [-0.05, 0) is 74.2 Å². The SMILES string of the molecule is COC[C@@]1(c2ccc(C(=O)N3CCN(c4ncc(C)cc4C)CC3)cn2)CC(=O)NC1=O.COC[C@]1(c2ccc(C(=O)N3CCN(c4ncc(C)cc4C)CC3)cn2)CC(=O)NC1=O. The number of aromatic nitrogens is 4. The van der Waals surface area contributed by atoms with Gasteiger partial charge in [0.15, 0.2) is 0 Å². The number of anilines is 2. The molecule has 64 heavy (non-hydrogen) atoms. The minimum absolute atomic E-state index is 0.0195. The summed E-state index contributed by atoms with van der Waals surface area (Å²) < 4.78 is 10.4. The second-order valence-electron chi connectivity index (χ2n) is 16.9. The number of rotatable bonds is 10. The Morgan fingerprint density at radius 2 is 0.938 bits per heavy atom. The van der Waals surface area contributed by atoms with E-state index in [1.807, 2.05) is 26.2 Å². The average Bonchev–Trinajstić information content (AvgIpc) is 3.75. The predicted octanol–water partition coefficient (Wildman–Crippen LogP) is 1.97. The van der Waals surface area contributed by atoms with E-state index >= 15 is 0 Å². The minimum Gasteiger partial charge on any atom is -0.383 e. The van der Waals surface area contributed by atoms with Crippen LogP contribution in [0.5, 0.6) is 0 Å². The van der Waals surface area contributed by atoms with Crippen molar-refractivity contribution in [2.45, 2.75) is 51.4 Å². The molecule has 4 aromatic heterocycles. The molecule has 4 aliphatic rings. The summed E-state index contributed by atoms with van der Waals surface area (Å²) in [6.07, 6.45) is 6.64. The van der Waals surface area contributed by atoms with E-state index in [-0.39, 0.29) is 49.7 Å². The number of amides is 6. The number of nitrogens with zero attached hydrogens (tertiary/aromatic N) is 8. The predicted molar refractivity (Wildman–Crippen MR) is 235 cm³/mol. The van der Waals surface area contributed by atoms with Gasteiger partial charge in [0.05, 0.1) is 35.7 Å². The molecule has 8 rings (SSSR count). The Hall–Kier alpha value is -6.66. The zero-order valence-electron chi connectivity index (χ0n) is 37.1.